The van der Waals surface area contributed by atoms with Gasteiger partial charge in [0.25, 0.3) is 0 Å². The molecule has 0 aromatic heterocycles. The largest absolute Gasteiger partial charge is 0.376 e. The molecule has 1 fully saturated rings. The highest BCUT2D eigenvalue weighted by atomic mass is 16.5. The number of nitrogens with two attached hydrogens (primary N) is 1. The molecule has 0 radical (unpaired) electrons. The fourth-order valence-electron chi connectivity index (χ4n) is 2.80. The van der Waals surface area contributed by atoms with Crippen molar-refractivity contribution in [2.24, 2.45) is 11.7 Å². The van der Waals surface area contributed by atoms with Crippen molar-refractivity contribution < 1.29 is 4.74 Å². The second-order valence-electron chi connectivity index (χ2n) is 5.61. The molecule has 92 valence electrons. The normalized spacial score (nSPS) is 32.2. The summed E-state index contributed by atoms with van der Waals surface area (Å²) in [6, 6.07) is 8.60. The molecule has 1 aromatic rings. The number of hydrogen-bond acceptors (Lipinski definition) is 2. The third kappa shape index (κ3) is 2.24. The maximum absolute atomic E-state index is 6.33. The summed E-state index contributed by atoms with van der Waals surface area (Å²) in [6.07, 6.45) is 3.95. The zero-order chi connectivity index (χ0) is 11.8. The van der Waals surface area contributed by atoms with Crippen LogP contribution in [-0.2, 0) is 4.74 Å². The molecule has 0 heterocycles. The lowest BCUT2D eigenvalue weighted by Gasteiger charge is -2.34. The minimum absolute atomic E-state index is 0.0566. The Morgan fingerprint density at radius 1 is 1.24 bits per heavy atom. The molecule has 2 N–H and O–H groups in total. The van der Waals surface area contributed by atoms with Gasteiger partial charge in [-0.3, -0.25) is 0 Å². The second kappa shape index (κ2) is 4.43. The lowest BCUT2D eigenvalue weighted by atomic mass is 9.79. The van der Waals surface area contributed by atoms with Crippen molar-refractivity contribution in [3.8, 4) is 0 Å². The Kier molecular flexibility index (Phi) is 2.93. The van der Waals surface area contributed by atoms with E-state index >= 15 is 0 Å². The molecular weight excluding hydrogens is 210 g/mol. The van der Waals surface area contributed by atoms with Crippen LogP contribution in [0.2, 0.25) is 0 Å². The highest BCUT2D eigenvalue weighted by molar-refractivity contribution is 5.35. The van der Waals surface area contributed by atoms with E-state index in [0.717, 1.165) is 18.9 Å². The van der Waals surface area contributed by atoms with E-state index in [2.05, 4.69) is 31.2 Å². The van der Waals surface area contributed by atoms with E-state index in [9.17, 15) is 0 Å². The van der Waals surface area contributed by atoms with Gasteiger partial charge in [0, 0.05) is 6.61 Å². The van der Waals surface area contributed by atoms with E-state index in [1.807, 2.05) is 0 Å². The van der Waals surface area contributed by atoms with E-state index in [4.69, 9.17) is 10.5 Å². The van der Waals surface area contributed by atoms with Gasteiger partial charge in [-0.1, -0.05) is 31.2 Å². The summed E-state index contributed by atoms with van der Waals surface area (Å²) in [4.78, 5) is 0. The minimum Gasteiger partial charge on any atom is -0.376 e. The maximum Gasteiger partial charge on any atom is 0.0773 e. The van der Waals surface area contributed by atoms with Crippen LogP contribution in [0, 0.1) is 5.92 Å². The summed E-state index contributed by atoms with van der Waals surface area (Å²) in [6.45, 7) is 3.19. The predicted octanol–water partition coefficient (Wildman–Crippen LogP) is 2.99. The van der Waals surface area contributed by atoms with Crippen molar-refractivity contribution in [3.05, 3.63) is 35.4 Å². The lowest BCUT2D eigenvalue weighted by Crippen LogP contribution is -2.35. The quantitative estimate of drug-likeness (QED) is 0.868. The maximum atomic E-state index is 6.33. The van der Waals surface area contributed by atoms with Crippen LogP contribution >= 0.6 is 0 Å². The van der Waals surface area contributed by atoms with Crippen LogP contribution in [0.25, 0.3) is 0 Å². The number of rotatable bonds is 3. The Balaban J connectivity index is 1.76. The molecule has 0 saturated heterocycles. The predicted molar refractivity (Wildman–Crippen MR) is 68.9 cm³/mol. The highest BCUT2D eigenvalue weighted by Gasteiger charge is 2.32. The fraction of sp³-hybridized carbons (Fsp3) is 0.600. The van der Waals surface area contributed by atoms with Crippen LogP contribution in [0.5, 0.6) is 0 Å². The molecule has 2 aliphatic carbocycles. The Hall–Kier alpha value is -0.860. The van der Waals surface area contributed by atoms with E-state index in [-0.39, 0.29) is 12.1 Å². The molecule has 2 heteroatoms. The first-order valence-electron chi connectivity index (χ1n) is 6.71. The van der Waals surface area contributed by atoms with Crippen LogP contribution in [-0.4, -0.2) is 12.7 Å². The van der Waals surface area contributed by atoms with Crippen LogP contribution in [0.15, 0.2) is 24.3 Å². The van der Waals surface area contributed by atoms with Crippen molar-refractivity contribution in [1.29, 1.82) is 0 Å². The van der Waals surface area contributed by atoms with E-state index < -0.39 is 0 Å². The smallest absolute Gasteiger partial charge is 0.0773 e. The van der Waals surface area contributed by atoms with E-state index in [1.54, 1.807) is 0 Å². The molecule has 1 saturated carbocycles. The van der Waals surface area contributed by atoms with Gasteiger partial charge < -0.3 is 10.5 Å². The van der Waals surface area contributed by atoms with Crippen molar-refractivity contribution in [2.75, 3.05) is 6.61 Å². The molecule has 3 atom stereocenters. The summed E-state index contributed by atoms with van der Waals surface area (Å²) in [5.74, 6) is 1.38. The molecular formula is C15H21NO. The van der Waals surface area contributed by atoms with Gasteiger partial charge in [0.15, 0.2) is 0 Å². The standard InChI is InChI=1S/C15H21NO/c1-10-8-14(17-9-11-6-7-11)15(16)13-5-3-2-4-12(10)13/h2-5,10-11,14-15H,6-9,16H2,1H3. The first-order valence-corrected chi connectivity index (χ1v) is 6.71. The van der Waals surface area contributed by atoms with E-state index in [1.165, 1.54) is 24.0 Å². The first kappa shape index (κ1) is 11.2. The molecule has 2 aliphatic rings. The summed E-state index contributed by atoms with van der Waals surface area (Å²) in [5.41, 5.74) is 9.03. The summed E-state index contributed by atoms with van der Waals surface area (Å²) < 4.78 is 6.02. The second-order valence-corrected chi connectivity index (χ2v) is 5.61. The third-order valence-corrected chi connectivity index (χ3v) is 4.12. The third-order valence-electron chi connectivity index (χ3n) is 4.12. The number of ether oxygens (including phenoxy) is 1. The van der Waals surface area contributed by atoms with Gasteiger partial charge in [0.2, 0.25) is 0 Å². The minimum atomic E-state index is 0.0566. The molecule has 2 nitrogen and oxygen atoms in total. The Bertz CT molecular complexity index is 400. The van der Waals surface area contributed by atoms with Gasteiger partial charge in [-0.05, 0) is 42.2 Å². The molecule has 0 spiro atoms. The Labute approximate surface area is 103 Å². The van der Waals surface area contributed by atoms with Gasteiger partial charge in [0.1, 0.15) is 0 Å². The van der Waals surface area contributed by atoms with E-state index in [0.29, 0.717) is 5.92 Å². The Morgan fingerprint density at radius 3 is 2.65 bits per heavy atom. The first-order chi connectivity index (χ1) is 8.25. The van der Waals surface area contributed by atoms with Crippen molar-refractivity contribution in [2.45, 2.75) is 44.2 Å². The topological polar surface area (TPSA) is 35.2 Å². The van der Waals surface area contributed by atoms with Gasteiger partial charge in [-0.25, -0.2) is 0 Å². The summed E-state index contributed by atoms with van der Waals surface area (Å²) in [7, 11) is 0. The van der Waals surface area contributed by atoms with Crippen LogP contribution in [0.4, 0.5) is 0 Å². The fourth-order valence-corrected chi connectivity index (χ4v) is 2.80. The van der Waals surface area contributed by atoms with Gasteiger partial charge >= 0.3 is 0 Å². The lowest BCUT2D eigenvalue weighted by molar-refractivity contribution is 0.0142. The van der Waals surface area contributed by atoms with Gasteiger partial charge in [-0.2, -0.15) is 0 Å². The number of hydrogen-bond donors (Lipinski definition) is 1. The molecule has 1 aromatic carbocycles. The number of benzene rings is 1. The molecule has 17 heavy (non-hydrogen) atoms. The average molecular weight is 231 g/mol. The zero-order valence-electron chi connectivity index (χ0n) is 10.4. The average Bonchev–Trinajstić information content (AvgIpc) is 3.16. The monoisotopic (exact) mass is 231 g/mol. The van der Waals surface area contributed by atoms with Gasteiger partial charge in [0.05, 0.1) is 12.1 Å². The Morgan fingerprint density at radius 2 is 1.94 bits per heavy atom. The van der Waals surface area contributed by atoms with Crippen LogP contribution in [0.3, 0.4) is 0 Å². The number of fused-ring (bicyclic) bond motifs is 1. The SMILES string of the molecule is CC1CC(OCC2CC2)C(N)c2ccccc21. The summed E-state index contributed by atoms with van der Waals surface area (Å²) >= 11 is 0. The van der Waals surface area contributed by atoms with Gasteiger partial charge in [-0.15, -0.1) is 0 Å². The van der Waals surface area contributed by atoms with Crippen molar-refractivity contribution in [3.63, 3.8) is 0 Å². The van der Waals surface area contributed by atoms with Crippen LogP contribution in [0.1, 0.15) is 49.3 Å². The molecule has 3 unspecified atom stereocenters. The van der Waals surface area contributed by atoms with Crippen molar-refractivity contribution >= 4 is 0 Å². The molecule has 0 bridgehead atoms. The van der Waals surface area contributed by atoms with Crippen molar-refractivity contribution in [1.82, 2.24) is 0 Å². The summed E-state index contributed by atoms with van der Waals surface area (Å²) in [5, 5.41) is 0. The molecule has 0 aliphatic heterocycles. The van der Waals surface area contributed by atoms with Crippen LogP contribution < -0.4 is 5.73 Å². The highest BCUT2D eigenvalue weighted by Crippen LogP contribution is 2.38. The zero-order valence-corrected chi connectivity index (χ0v) is 10.4. The molecule has 0 amide bonds. The molecule has 3 rings (SSSR count).